The minimum Gasteiger partial charge on any atom is -0.488 e. The molecular formula is C18H17NO4. The Labute approximate surface area is 133 Å². The van der Waals surface area contributed by atoms with Gasteiger partial charge in [-0.1, -0.05) is 25.1 Å². The Balaban J connectivity index is 1.83. The third-order valence-electron chi connectivity index (χ3n) is 3.46. The molecule has 3 rings (SSSR count). The van der Waals surface area contributed by atoms with E-state index in [-0.39, 0.29) is 29.4 Å². The Morgan fingerprint density at radius 3 is 2.83 bits per heavy atom. The summed E-state index contributed by atoms with van der Waals surface area (Å²) in [6, 6.07) is 12.4. The Morgan fingerprint density at radius 1 is 1.22 bits per heavy atom. The van der Waals surface area contributed by atoms with Crippen LogP contribution in [0.2, 0.25) is 0 Å². The maximum absolute atomic E-state index is 12.4. The fourth-order valence-electron chi connectivity index (χ4n) is 2.31. The molecule has 0 unspecified atom stereocenters. The zero-order chi connectivity index (χ0) is 16.2. The lowest BCUT2D eigenvalue weighted by Gasteiger charge is -2.07. The molecule has 5 nitrogen and oxygen atoms in total. The van der Waals surface area contributed by atoms with Crippen LogP contribution >= 0.6 is 0 Å². The first-order chi connectivity index (χ1) is 11.2. The molecule has 23 heavy (non-hydrogen) atoms. The van der Waals surface area contributed by atoms with E-state index in [4.69, 9.17) is 9.15 Å². The van der Waals surface area contributed by atoms with E-state index in [0.29, 0.717) is 12.2 Å². The smallest absolute Gasteiger partial charge is 0.293 e. The predicted octanol–water partition coefficient (Wildman–Crippen LogP) is 3.27. The molecule has 0 aliphatic carbocycles. The van der Waals surface area contributed by atoms with Gasteiger partial charge >= 0.3 is 0 Å². The predicted molar refractivity (Wildman–Crippen MR) is 87.0 cm³/mol. The van der Waals surface area contributed by atoms with Gasteiger partial charge in [-0.05, 0) is 30.7 Å². The van der Waals surface area contributed by atoms with Crippen molar-refractivity contribution in [3.05, 3.63) is 64.8 Å². The van der Waals surface area contributed by atoms with Gasteiger partial charge in [0.15, 0.2) is 11.5 Å². The minimum atomic E-state index is -0.314. The fourth-order valence-corrected chi connectivity index (χ4v) is 2.31. The number of carbonyl (C=O) groups excluding carboxylic acids is 1. The SMILES string of the molecule is CCCOc1cccn(CC(=O)c2cc3ccccc3o2)c1=O. The highest BCUT2D eigenvalue weighted by atomic mass is 16.5. The molecule has 5 heteroatoms. The third-order valence-corrected chi connectivity index (χ3v) is 3.46. The summed E-state index contributed by atoms with van der Waals surface area (Å²) in [5, 5.41) is 0.864. The molecule has 0 bridgehead atoms. The first-order valence-corrected chi connectivity index (χ1v) is 7.53. The molecule has 118 valence electrons. The van der Waals surface area contributed by atoms with Crippen molar-refractivity contribution >= 4 is 16.8 Å². The van der Waals surface area contributed by atoms with Crippen LogP contribution < -0.4 is 10.3 Å². The number of ketones is 1. The second-order valence-corrected chi connectivity index (χ2v) is 5.23. The summed E-state index contributed by atoms with van der Waals surface area (Å²) < 4.78 is 12.3. The summed E-state index contributed by atoms with van der Waals surface area (Å²) in [7, 11) is 0. The van der Waals surface area contributed by atoms with Crippen LogP contribution in [0.15, 0.2) is 57.9 Å². The van der Waals surface area contributed by atoms with Crippen molar-refractivity contribution in [1.29, 1.82) is 0 Å². The largest absolute Gasteiger partial charge is 0.488 e. The van der Waals surface area contributed by atoms with Gasteiger partial charge in [0.25, 0.3) is 5.56 Å². The first kappa shape index (κ1) is 15.1. The Kier molecular flexibility index (Phi) is 4.28. The summed E-state index contributed by atoms with van der Waals surface area (Å²) in [6.07, 6.45) is 2.38. The van der Waals surface area contributed by atoms with Gasteiger partial charge in [0.2, 0.25) is 5.78 Å². The van der Waals surface area contributed by atoms with Crippen LogP contribution in [0.3, 0.4) is 0 Å². The number of nitrogens with zero attached hydrogens (tertiary/aromatic N) is 1. The van der Waals surface area contributed by atoms with Crippen molar-refractivity contribution in [1.82, 2.24) is 4.57 Å². The molecule has 0 radical (unpaired) electrons. The number of benzene rings is 1. The number of ether oxygens (including phenoxy) is 1. The molecule has 0 aliphatic rings. The van der Waals surface area contributed by atoms with E-state index < -0.39 is 0 Å². The van der Waals surface area contributed by atoms with Crippen molar-refractivity contribution in [3.63, 3.8) is 0 Å². The Bertz CT molecular complexity index is 858. The molecule has 2 heterocycles. The third kappa shape index (κ3) is 3.18. The number of pyridine rings is 1. The molecule has 0 saturated heterocycles. The molecule has 0 N–H and O–H groups in total. The van der Waals surface area contributed by atoms with E-state index >= 15 is 0 Å². The average Bonchev–Trinajstić information content (AvgIpc) is 3.00. The van der Waals surface area contributed by atoms with Crippen molar-refractivity contribution in [2.75, 3.05) is 6.61 Å². The van der Waals surface area contributed by atoms with Crippen molar-refractivity contribution in [2.45, 2.75) is 19.9 Å². The minimum absolute atomic E-state index is 0.0814. The van der Waals surface area contributed by atoms with Crippen molar-refractivity contribution in [3.8, 4) is 5.75 Å². The maximum Gasteiger partial charge on any atom is 0.293 e. The first-order valence-electron chi connectivity index (χ1n) is 7.53. The van der Waals surface area contributed by atoms with Gasteiger partial charge in [-0.25, -0.2) is 0 Å². The highest BCUT2D eigenvalue weighted by Crippen LogP contribution is 2.19. The second-order valence-electron chi connectivity index (χ2n) is 5.23. The van der Waals surface area contributed by atoms with E-state index in [9.17, 15) is 9.59 Å². The van der Waals surface area contributed by atoms with E-state index in [0.717, 1.165) is 11.8 Å². The van der Waals surface area contributed by atoms with Gasteiger partial charge in [0.1, 0.15) is 5.58 Å². The van der Waals surface area contributed by atoms with Gasteiger partial charge in [0, 0.05) is 11.6 Å². The number of fused-ring (bicyclic) bond motifs is 1. The summed E-state index contributed by atoms with van der Waals surface area (Å²) in [4.78, 5) is 24.6. The van der Waals surface area contributed by atoms with Crippen LogP contribution in [0.5, 0.6) is 5.75 Å². The number of para-hydroxylation sites is 1. The summed E-state index contributed by atoms with van der Waals surface area (Å²) in [6.45, 7) is 2.35. The molecule has 0 amide bonds. The van der Waals surface area contributed by atoms with Crippen molar-refractivity contribution < 1.29 is 13.9 Å². The number of hydrogen-bond donors (Lipinski definition) is 0. The molecule has 1 aromatic carbocycles. The van der Waals surface area contributed by atoms with Crippen molar-refractivity contribution in [2.24, 2.45) is 0 Å². The summed E-state index contributed by atoms with van der Waals surface area (Å²) in [5.74, 6) is 0.251. The fraction of sp³-hybridized carbons (Fsp3) is 0.222. The normalized spacial score (nSPS) is 10.8. The number of furan rings is 1. The molecule has 0 spiro atoms. The van der Waals surface area contributed by atoms with Crippen LogP contribution in [-0.4, -0.2) is 17.0 Å². The van der Waals surface area contributed by atoms with E-state index in [2.05, 4.69) is 0 Å². The van der Waals surface area contributed by atoms with Gasteiger partial charge in [-0.15, -0.1) is 0 Å². The second kappa shape index (κ2) is 6.52. The standard InChI is InChI=1S/C18H17NO4/c1-2-10-22-16-8-5-9-19(18(16)21)12-14(20)17-11-13-6-3-4-7-15(13)23-17/h3-9,11H,2,10,12H2,1H3. The molecule has 2 aromatic heterocycles. The number of rotatable bonds is 6. The highest BCUT2D eigenvalue weighted by Gasteiger charge is 2.14. The molecule has 0 saturated carbocycles. The lowest BCUT2D eigenvalue weighted by atomic mass is 10.2. The monoisotopic (exact) mass is 311 g/mol. The maximum atomic E-state index is 12.4. The molecule has 3 aromatic rings. The van der Waals surface area contributed by atoms with E-state index in [1.807, 2.05) is 25.1 Å². The topological polar surface area (TPSA) is 61.4 Å². The van der Waals surface area contributed by atoms with E-state index in [1.54, 1.807) is 30.5 Å². The number of Topliss-reactive ketones (excluding diaryl/α,β-unsaturated/α-hetero) is 1. The van der Waals surface area contributed by atoms with Crippen LogP contribution in [0.25, 0.3) is 11.0 Å². The average molecular weight is 311 g/mol. The van der Waals surface area contributed by atoms with Crippen LogP contribution in [0.4, 0.5) is 0 Å². The van der Waals surface area contributed by atoms with Crippen LogP contribution in [0.1, 0.15) is 23.9 Å². The lowest BCUT2D eigenvalue weighted by Crippen LogP contribution is -2.25. The highest BCUT2D eigenvalue weighted by molar-refractivity contribution is 5.97. The van der Waals surface area contributed by atoms with Gasteiger partial charge in [-0.3, -0.25) is 9.59 Å². The van der Waals surface area contributed by atoms with Crippen LogP contribution in [0, 0.1) is 0 Å². The molecule has 0 fully saturated rings. The Hall–Kier alpha value is -2.82. The zero-order valence-electron chi connectivity index (χ0n) is 12.8. The zero-order valence-corrected chi connectivity index (χ0v) is 12.8. The lowest BCUT2D eigenvalue weighted by molar-refractivity contribution is 0.0945. The molecular weight excluding hydrogens is 294 g/mol. The van der Waals surface area contributed by atoms with Gasteiger partial charge in [0.05, 0.1) is 13.2 Å². The van der Waals surface area contributed by atoms with Gasteiger partial charge in [-0.2, -0.15) is 0 Å². The molecule has 0 atom stereocenters. The van der Waals surface area contributed by atoms with Crippen LogP contribution in [-0.2, 0) is 6.54 Å². The van der Waals surface area contributed by atoms with Gasteiger partial charge < -0.3 is 13.7 Å². The number of carbonyl (C=O) groups is 1. The number of hydrogen-bond acceptors (Lipinski definition) is 4. The summed E-state index contributed by atoms with van der Waals surface area (Å²) in [5.41, 5.74) is 0.341. The summed E-state index contributed by atoms with van der Waals surface area (Å²) >= 11 is 0. The number of aromatic nitrogens is 1. The van der Waals surface area contributed by atoms with E-state index in [1.165, 1.54) is 4.57 Å². The quantitative estimate of drug-likeness (QED) is 0.656. The molecule has 0 aliphatic heterocycles. The Morgan fingerprint density at radius 2 is 2.04 bits per heavy atom.